The average Bonchev–Trinajstić information content (AvgIpc) is 3.64. The lowest BCUT2D eigenvalue weighted by Crippen LogP contribution is -2.41. The Labute approximate surface area is 203 Å². The predicted molar refractivity (Wildman–Crippen MR) is 140 cm³/mol. The highest BCUT2D eigenvalue weighted by atomic mass is 32.2. The fraction of sp³-hybridized carbons (Fsp3) is 0.500. The van der Waals surface area contributed by atoms with Crippen LogP contribution in [0.1, 0.15) is 65.9 Å². The van der Waals surface area contributed by atoms with Crippen LogP contribution in [-0.4, -0.2) is 43.9 Å². The third kappa shape index (κ3) is 5.70. The molecule has 33 heavy (non-hydrogen) atoms. The molecular formula is C28H37N3OS. The maximum absolute atomic E-state index is 10.4. The summed E-state index contributed by atoms with van der Waals surface area (Å²) < 4.78 is 0. The smallest absolute Gasteiger partial charge is 0.159 e. The highest BCUT2D eigenvalue weighted by Crippen LogP contribution is 2.44. The van der Waals surface area contributed by atoms with Crippen LogP contribution < -0.4 is 0 Å². The summed E-state index contributed by atoms with van der Waals surface area (Å²) >= 11 is 1.91. The van der Waals surface area contributed by atoms with Gasteiger partial charge in [-0.2, -0.15) is 0 Å². The van der Waals surface area contributed by atoms with Crippen molar-refractivity contribution >= 4 is 17.5 Å². The molecule has 1 unspecified atom stereocenters. The van der Waals surface area contributed by atoms with Gasteiger partial charge in [0.2, 0.25) is 0 Å². The fourth-order valence-electron chi connectivity index (χ4n) is 4.58. The minimum atomic E-state index is -0.753. The monoisotopic (exact) mass is 463 g/mol. The highest BCUT2D eigenvalue weighted by Gasteiger charge is 2.33. The average molecular weight is 464 g/mol. The summed E-state index contributed by atoms with van der Waals surface area (Å²) in [6.07, 6.45) is 8.49. The van der Waals surface area contributed by atoms with Crippen molar-refractivity contribution in [2.75, 3.05) is 12.3 Å². The molecule has 0 spiro atoms. The first kappa shape index (κ1) is 24.0. The molecule has 2 atom stereocenters. The number of rotatable bonds is 7. The molecule has 0 radical (unpaired) electrons. The number of aromatic nitrogens is 2. The van der Waals surface area contributed by atoms with Crippen molar-refractivity contribution in [3.8, 4) is 11.4 Å². The summed E-state index contributed by atoms with van der Waals surface area (Å²) in [4.78, 5) is 13.0. The molecule has 1 aromatic carbocycles. The quantitative estimate of drug-likeness (QED) is 0.505. The second-order valence-electron chi connectivity index (χ2n) is 10.1. The second-order valence-corrected chi connectivity index (χ2v) is 11.3. The molecule has 2 aromatic rings. The van der Waals surface area contributed by atoms with Crippen LogP contribution in [0.3, 0.4) is 0 Å². The van der Waals surface area contributed by atoms with Gasteiger partial charge < -0.3 is 10.0 Å². The normalized spacial score (nSPS) is 21.6. The van der Waals surface area contributed by atoms with E-state index in [1.165, 1.54) is 41.8 Å². The van der Waals surface area contributed by atoms with Gasteiger partial charge in [-0.15, -0.1) is 11.8 Å². The number of hydrogen-bond acceptors (Lipinski definition) is 5. The lowest BCUT2D eigenvalue weighted by molar-refractivity contribution is 0.119. The van der Waals surface area contributed by atoms with Gasteiger partial charge >= 0.3 is 0 Å². The van der Waals surface area contributed by atoms with Crippen molar-refractivity contribution in [1.82, 2.24) is 14.9 Å². The van der Waals surface area contributed by atoms with Gasteiger partial charge in [0.1, 0.15) is 0 Å². The van der Waals surface area contributed by atoms with E-state index in [1.54, 1.807) is 5.57 Å². The van der Waals surface area contributed by atoms with Gasteiger partial charge in [-0.3, -0.25) is 0 Å². The van der Waals surface area contributed by atoms with Crippen LogP contribution in [0.2, 0.25) is 0 Å². The molecule has 1 saturated heterocycles. The number of aliphatic hydroxyl groups is 1. The van der Waals surface area contributed by atoms with E-state index in [0.29, 0.717) is 12.0 Å². The molecule has 0 amide bonds. The van der Waals surface area contributed by atoms with Crippen molar-refractivity contribution in [3.05, 3.63) is 64.3 Å². The Balaban J connectivity index is 1.58. The Morgan fingerprint density at radius 1 is 1.09 bits per heavy atom. The van der Waals surface area contributed by atoms with Crippen molar-refractivity contribution in [2.24, 2.45) is 5.92 Å². The van der Waals surface area contributed by atoms with Crippen LogP contribution in [-0.2, 0) is 0 Å². The van der Waals surface area contributed by atoms with Gasteiger partial charge in [0, 0.05) is 47.6 Å². The van der Waals surface area contributed by atoms with E-state index in [2.05, 4.69) is 59.9 Å². The molecule has 1 saturated carbocycles. The Hall–Kier alpha value is -2.11. The van der Waals surface area contributed by atoms with Crippen LogP contribution in [0.5, 0.6) is 0 Å². The minimum absolute atomic E-state index is 0.522. The van der Waals surface area contributed by atoms with Crippen LogP contribution in [0, 0.1) is 5.92 Å². The molecule has 0 bridgehead atoms. The van der Waals surface area contributed by atoms with Gasteiger partial charge in [0.15, 0.2) is 5.82 Å². The first-order valence-electron chi connectivity index (χ1n) is 12.1. The molecule has 4 nitrogen and oxygen atoms in total. The maximum Gasteiger partial charge on any atom is 0.159 e. The van der Waals surface area contributed by atoms with E-state index in [9.17, 15) is 5.11 Å². The van der Waals surface area contributed by atoms with Crippen molar-refractivity contribution < 1.29 is 5.11 Å². The third-order valence-corrected chi connectivity index (χ3v) is 8.45. The van der Waals surface area contributed by atoms with Gasteiger partial charge in [-0.05, 0) is 88.3 Å². The fourth-order valence-corrected chi connectivity index (χ4v) is 5.81. The van der Waals surface area contributed by atoms with E-state index >= 15 is 0 Å². The number of nitrogens with zero attached hydrogens (tertiary/aromatic N) is 3. The third-order valence-electron chi connectivity index (χ3n) is 7.07. The zero-order valence-corrected chi connectivity index (χ0v) is 21.5. The van der Waals surface area contributed by atoms with Crippen molar-refractivity contribution in [3.63, 3.8) is 0 Å². The molecule has 1 aliphatic carbocycles. The van der Waals surface area contributed by atoms with Crippen LogP contribution in [0.25, 0.3) is 17.1 Å². The SMILES string of the molecule is C/C(SCC1CC[C@@H](C)N(C(=C2CC2)c2ccccc2-c2ncccn2)C1)=C(/C)C(C)(C)O. The predicted octanol–water partition coefficient (Wildman–Crippen LogP) is 6.55. The van der Waals surface area contributed by atoms with Gasteiger partial charge in [-0.25, -0.2) is 9.97 Å². The highest BCUT2D eigenvalue weighted by molar-refractivity contribution is 8.03. The lowest BCUT2D eigenvalue weighted by Gasteiger charge is -2.41. The number of hydrogen-bond donors (Lipinski definition) is 1. The number of allylic oxidation sites excluding steroid dienone is 2. The second kappa shape index (κ2) is 10.0. The molecule has 1 aliphatic heterocycles. The minimum Gasteiger partial charge on any atom is -0.386 e. The van der Waals surface area contributed by atoms with Gasteiger partial charge in [0.25, 0.3) is 0 Å². The summed E-state index contributed by atoms with van der Waals surface area (Å²) in [5.41, 5.74) is 5.69. The van der Waals surface area contributed by atoms with E-state index < -0.39 is 5.60 Å². The number of piperidine rings is 1. The molecule has 5 heteroatoms. The largest absolute Gasteiger partial charge is 0.386 e. The molecule has 1 aromatic heterocycles. The topological polar surface area (TPSA) is 49.2 Å². The molecule has 2 aliphatic rings. The standard InChI is InChI=1S/C28H37N3OS/c1-19-11-12-22(18-33-21(3)20(2)28(4,5)32)17-31(19)26(23-13-14-23)24-9-6-7-10-25(24)27-29-15-8-16-30-27/h6-10,15-16,19,22,32H,11-14,17-18H2,1-5H3/b21-20+/t19-,22?/m1/s1. The Bertz CT molecular complexity index is 1030. The summed E-state index contributed by atoms with van der Waals surface area (Å²) in [6.45, 7) is 11.4. The van der Waals surface area contributed by atoms with E-state index in [0.717, 1.165) is 29.3 Å². The molecule has 176 valence electrons. The summed E-state index contributed by atoms with van der Waals surface area (Å²) in [5.74, 6) is 2.52. The molecule has 1 N–H and O–H groups in total. The van der Waals surface area contributed by atoms with E-state index in [4.69, 9.17) is 0 Å². The van der Waals surface area contributed by atoms with E-state index in [1.807, 2.05) is 44.1 Å². The zero-order valence-electron chi connectivity index (χ0n) is 20.6. The summed E-state index contributed by atoms with van der Waals surface area (Å²) in [7, 11) is 0. The van der Waals surface area contributed by atoms with Gasteiger partial charge in [0.05, 0.1) is 5.60 Å². The Morgan fingerprint density at radius 2 is 1.79 bits per heavy atom. The summed E-state index contributed by atoms with van der Waals surface area (Å²) in [5, 5.41) is 10.4. The Kier molecular flexibility index (Phi) is 7.30. The molecule has 2 heterocycles. The summed E-state index contributed by atoms with van der Waals surface area (Å²) in [6, 6.07) is 11.0. The van der Waals surface area contributed by atoms with Crippen molar-refractivity contribution in [1.29, 1.82) is 0 Å². The zero-order chi connectivity index (χ0) is 23.6. The molecular weight excluding hydrogens is 426 g/mol. The number of thioether (sulfide) groups is 1. The van der Waals surface area contributed by atoms with Crippen LogP contribution in [0.4, 0.5) is 0 Å². The van der Waals surface area contributed by atoms with Gasteiger partial charge in [-0.1, -0.05) is 24.3 Å². The Morgan fingerprint density at radius 3 is 2.45 bits per heavy atom. The van der Waals surface area contributed by atoms with Crippen molar-refractivity contribution in [2.45, 2.75) is 71.9 Å². The lowest BCUT2D eigenvalue weighted by atomic mass is 9.92. The van der Waals surface area contributed by atoms with Crippen LogP contribution >= 0.6 is 11.8 Å². The number of likely N-dealkylation sites (tertiary alicyclic amines) is 1. The van der Waals surface area contributed by atoms with Crippen LogP contribution in [0.15, 0.2) is 58.8 Å². The molecule has 4 rings (SSSR count). The number of benzene rings is 1. The van der Waals surface area contributed by atoms with E-state index in [-0.39, 0.29) is 0 Å². The first-order chi connectivity index (χ1) is 15.8. The first-order valence-corrected chi connectivity index (χ1v) is 13.1. The maximum atomic E-state index is 10.4. The molecule has 2 fully saturated rings.